The number of halogens is 1. The van der Waals surface area contributed by atoms with Crippen LogP contribution in [0.2, 0.25) is 0 Å². The predicted molar refractivity (Wildman–Crippen MR) is 49.6 cm³/mol. The van der Waals surface area contributed by atoms with Crippen molar-refractivity contribution < 1.29 is 19.0 Å². The van der Waals surface area contributed by atoms with Gasteiger partial charge in [-0.05, 0) is 18.2 Å². The van der Waals surface area contributed by atoms with Crippen LogP contribution in [0.15, 0.2) is 24.3 Å². The fourth-order valence-electron chi connectivity index (χ4n) is 0.984. The molecule has 0 spiro atoms. The van der Waals surface area contributed by atoms with Crippen LogP contribution in [0.5, 0.6) is 5.75 Å². The van der Waals surface area contributed by atoms with Crippen molar-refractivity contribution in [3.05, 3.63) is 35.7 Å². The van der Waals surface area contributed by atoms with Crippen LogP contribution in [-0.2, 0) is 4.79 Å². The number of carbonyl (C=O) groups is 1. The number of methoxy groups -OCH3 is 1. The van der Waals surface area contributed by atoms with Crippen molar-refractivity contribution in [2.24, 2.45) is 0 Å². The van der Waals surface area contributed by atoms with Gasteiger partial charge in [0.15, 0.2) is 0 Å². The molecule has 3 nitrogen and oxygen atoms in total. The van der Waals surface area contributed by atoms with Crippen molar-refractivity contribution in [2.45, 2.75) is 0 Å². The Morgan fingerprint density at radius 1 is 1.57 bits per heavy atom. The molecule has 0 saturated heterocycles. The summed E-state index contributed by atoms with van der Waals surface area (Å²) in [5, 5.41) is 8.39. The number of benzene rings is 1. The van der Waals surface area contributed by atoms with Crippen molar-refractivity contribution in [1.29, 1.82) is 0 Å². The van der Waals surface area contributed by atoms with Crippen LogP contribution in [0, 0.1) is 5.82 Å². The van der Waals surface area contributed by atoms with Crippen molar-refractivity contribution in [2.75, 3.05) is 7.11 Å². The number of aliphatic carboxylic acids is 1. The highest BCUT2D eigenvalue weighted by Crippen LogP contribution is 2.20. The Labute approximate surface area is 80.4 Å². The Balaban J connectivity index is 3.02. The molecule has 1 N–H and O–H groups in total. The monoisotopic (exact) mass is 196 g/mol. The van der Waals surface area contributed by atoms with E-state index >= 15 is 0 Å². The highest BCUT2D eigenvalue weighted by Gasteiger charge is 2.01. The maximum Gasteiger partial charge on any atom is 0.328 e. The third kappa shape index (κ3) is 2.58. The van der Waals surface area contributed by atoms with Gasteiger partial charge in [0.1, 0.15) is 11.6 Å². The van der Waals surface area contributed by atoms with E-state index in [2.05, 4.69) is 0 Å². The Bertz CT molecular complexity index is 372. The molecule has 0 amide bonds. The smallest absolute Gasteiger partial charge is 0.328 e. The maximum absolute atomic E-state index is 12.7. The lowest BCUT2D eigenvalue weighted by Gasteiger charge is -2.03. The van der Waals surface area contributed by atoms with Crippen molar-refractivity contribution in [3.8, 4) is 5.75 Å². The first kappa shape index (κ1) is 10.2. The Hall–Kier alpha value is -1.84. The van der Waals surface area contributed by atoms with Crippen LogP contribution in [0.4, 0.5) is 4.39 Å². The molecule has 4 heteroatoms. The molecule has 1 aromatic carbocycles. The lowest BCUT2D eigenvalue weighted by molar-refractivity contribution is -0.131. The molecule has 1 rings (SSSR count). The van der Waals surface area contributed by atoms with Gasteiger partial charge in [0.25, 0.3) is 0 Å². The molecule has 74 valence electrons. The summed E-state index contributed by atoms with van der Waals surface area (Å²) in [4.78, 5) is 10.2. The molecule has 0 fully saturated rings. The van der Waals surface area contributed by atoms with Gasteiger partial charge in [-0.2, -0.15) is 0 Å². The van der Waals surface area contributed by atoms with E-state index in [4.69, 9.17) is 9.84 Å². The zero-order chi connectivity index (χ0) is 10.6. The van der Waals surface area contributed by atoms with Crippen LogP contribution < -0.4 is 4.74 Å². The molecule has 0 unspecified atom stereocenters. The fraction of sp³-hybridized carbons (Fsp3) is 0.100. The van der Waals surface area contributed by atoms with E-state index in [-0.39, 0.29) is 0 Å². The summed E-state index contributed by atoms with van der Waals surface area (Å²) < 4.78 is 17.6. The van der Waals surface area contributed by atoms with Crippen LogP contribution >= 0.6 is 0 Å². The van der Waals surface area contributed by atoms with Gasteiger partial charge in [-0.25, -0.2) is 9.18 Å². The zero-order valence-corrected chi connectivity index (χ0v) is 7.53. The molecule has 0 bridgehead atoms. The second-order valence-electron chi connectivity index (χ2n) is 2.56. The van der Waals surface area contributed by atoms with E-state index in [0.717, 1.165) is 6.08 Å². The normalized spacial score (nSPS) is 10.4. The maximum atomic E-state index is 12.7. The Morgan fingerprint density at radius 2 is 2.29 bits per heavy atom. The van der Waals surface area contributed by atoms with E-state index in [1.54, 1.807) is 0 Å². The van der Waals surface area contributed by atoms with Crippen LogP contribution in [0.1, 0.15) is 5.56 Å². The summed E-state index contributed by atoms with van der Waals surface area (Å²) >= 11 is 0. The average molecular weight is 196 g/mol. The summed E-state index contributed by atoms with van der Waals surface area (Å²) in [6.45, 7) is 0. The summed E-state index contributed by atoms with van der Waals surface area (Å²) in [5.41, 5.74) is 0.524. The van der Waals surface area contributed by atoms with Gasteiger partial charge in [0.2, 0.25) is 0 Å². The van der Waals surface area contributed by atoms with Gasteiger partial charge in [0.05, 0.1) is 7.11 Å². The Morgan fingerprint density at radius 3 is 2.86 bits per heavy atom. The van der Waals surface area contributed by atoms with Gasteiger partial charge in [0, 0.05) is 17.7 Å². The van der Waals surface area contributed by atoms with Gasteiger partial charge in [-0.15, -0.1) is 0 Å². The fourth-order valence-corrected chi connectivity index (χ4v) is 0.984. The molecule has 0 atom stereocenters. The highest BCUT2D eigenvalue weighted by atomic mass is 19.1. The summed E-state index contributed by atoms with van der Waals surface area (Å²) in [5.74, 6) is -1.17. The van der Waals surface area contributed by atoms with E-state index < -0.39 is 11.8 Å². The molecule has 14 heavy (non-hydrogen) atoms. The standard InChI is InChI=1S/C10H9FO3/c1-14-9-6-8(11)4-2-7(9)3-5-10(12)13/h2-6H,1H3,(H,12,13)/b5-3-. The van der Waals surface area contributed by atoms with E-state index in [9.17, 15) is 9.18 Å². The lowest BCUT2D eigenvalue weighted by Crippen LogP contribution is -1.90. The first-order valence-electron chi connectivity index (χ1n) is 3.88. The van der Waals surface area contributed by atoms with E-state index in [1.165, 1.54) is 31.4 Å². The quantitative estimate of drug-likeness (QED) is 0.751. The van der Waals surface area contributed by atoms with Gasteiger partial charge >= 0.3 is 5.97 Å². The second-order valence-corrected chi connectivity index (χ2v) is 2.56. The molecule has 0 aromatic heterocycles. The topological polar surface area (TPSA) is 46.5 Å². The van der Waals surface area contributed by atoms with Crippen LogP contribution in [-0.4, -0.2) is 18.2 Å². The summed E-state index contributed by atoms with van der Waals surface area (Å²) in [6, 6.07) is 3.89. The molecule has 0 aliphatic heterocycles. The van der Waals surface area contributed by atoms with Crippen molar-refractivity contribution in [1.82, 2.24) is 0 Å². The minimum atomic E-state index is -1.06. The number of hydrogen-bond donors (Lipinski definition) is 1. The third-order valence-electron chi connectivity index (χ3n) is 1.60. The van der Waals surface area contributed by atoms with Crippen LogP contribution in [0.3, 0.4) is 0 Å². The zero-order valence-electron chi connectivity index (χ0n) is 7.53. The predicted octanol–water partition coefficient (Wildman–Crippen LogP) is 1.93. The van der Waals surface area contributed by atoms with E-state index in [0.29, 0.717) is 11.3 Å². The van der Waals surface area contributed by atoms with E-state index in [1.807, 2.05) is 0 Å². The SMILES string of the molecule is COc1cc(F)ccc1/C=C\C(=O)O. The van der Waals surface area contributed by atoms with Crippen molar-refractivity contribution in [3.63, 3.8) is 0 Å². The number of carboxylic acids is 1. The minimum Gasteiger partial charge on any atom is -0.496 e. The molecule has 0 aliphatic carbocycles. The van der Waals surface area contributed by atoms with Crippen LogP contribution in [0.25, 0.3) is 6.08 Å². The number of carboxylic acid groups (broad SMARTS) is 1. The minimum absolute atomic E-state index is 0.308. The van der Waals surface area contributed by atoms with Gasteiger partial charge < -0.3 is 9.84 Å². The molecular formula is C10H9FO3. The molecule has 0 saturated carbocycles. The molecule has 0 heterocycles. The lowest BCUT2D eigenvalue weighted by atomic mass is 10.2. The summed E-state index contributed by atoms with van der Waals surface area (Å²) in [7, 11) is 1.40. The molecular weight excluding hydrogens is 187 g/mol. The second kappa shape index (κ2) is 4.41. The Kier molecular flexibility index (Phi) is 3.23. The summed E-state index contributed by atoms with van der Waals surface area (Å²) in [6.07, 6.45) is 2.32. The third-order valence-corrected chi connectivity index (χ3v) is 1.60. The average Bonchev–Trinajstić information content (AvgIpc) is 2.15. The number of hydrogen-bond acceptors (Lipinski definition) is 2. The number of ether oxygens (including phenoxy) is 1. The first-order valence-corrected chi connectivity index (χ1v) is 3.88. The van der Waals surface area contributed by atoms with Gasteiger partial charge in [-0.1, -0.05) is 0 Å². The van der Waals surface area contributed by atoms with Crippen molar-refractivity contribution >= 4 is 12.0 Å². The molecule has 1 aromatic rings. The highest BCUT2D eigenvalue weighted by molar-refractivity contribution is 5.85. The first-order chi connectivity index (χ1) is 6.63. The largest absolute Gasteiger partial charge is 0.496 e. The number of rotatable bonds is 3. The molecule has 0 aliphatic rings. The van der Waals surface area contributed by atoms with Gasteiger partial charge in [-0.3, -0.25) is 0 Å². The molecule has 0 radical (unpaired) electrons.